The van der Waals surface area contributed by atoms with Gasteiger partial charge in [0.2, 0.25) is 5.91 Å². The van der Waals surface area contributed by atoms with E-state index in [0.29, 0.717) is 6.42 Å². The quantitative estimate of drug-likeness (QED) is 0.827. The van der Waals surface area contributed by atoms with Crippen LogP contribution in [0.25, 0.3) is 0 Å². The van der Waals surface area contributed by atoms with Crippen molar-refractivity contribution < 1.29 is 9.90 Å². The molecule has 0 saturated heterocycles. The molecule has 1 aromatic rings. The molecule has 1 aliphatic heterocycles. The molecule has 0 fully saturated rings. The second kappa shape index (κ2) is 4.11. The molecule has 0 radical (unpaired) electrons. The summed E-state index contributed by atoms with van der Waals surface area (Å²) in [5.74, 6) is 0.0416. The van der Waals surface area contributed by atoms with Gasteiger partial charge in [0.25, 0.3) is 0 Å². The van der Waals surface area contributed by atoms with Crippen molar-refractivity contribution in [3.05, 3.63) is 23.8 Å². The third-order valence-corrected chi connectivity index (χ3v) is 3.86. The van der Waals surface area contributed by atoms with Gasteiger partial charge in [-0.15, -0.1) is 11.8 Å². The van der Waals surface area contributed by atoms with Crippen molar-refractivity contribution >= 4 is 23.4 Å². The third kappa shape index (κ3) is 2.08. The summed E-state index contributed by atoms with van der Waals surface area (Å²) in [5.41, 5.74) is 1.97. The van der Waals surface area contributed by atoms with Crippen molar-refractivity contribution in [2.45, 2.75) is 29.9 Å². The lowest BCUT2D eigenvalue weighted by atomic mass is 10.1. The number of aliphatic hydroxyl groups is 1. The molecule has 2 rings (SSSR count). The van der Waals surface area contributed by atoms with E-state index in [0.717, 1.165) is 16.1 Å². The van der Waals surface area contributed by atoms with E-state index >= 15 is 0 Å². The zero-order valence-electron chi connectivity index (χ0n) is 9.41. The molecule has 1 heterocycles. The Hall–Kier alpha value is -1.00. The lowest BCUT2D eigenvalue weighted by Gasteiger charge is -2.30. The van der Waals surface area contributed by atoms with E-state index in [9.17, 15) is 4.79 Å². The molecular weight excluding hydrogens is 222 g/mol. The highest BCUT2D eigenvalue weighted by molar-refractivity contribution is 8.01. The van der Waals surface area contributed by atoms with E-state index in [1.165, 1.54) is 0 Å². The standard InChI is InChI=1S/C12H15NO2S/c1-12(2)11(15)13-9-4-3-8(5-6-14)7-10(9)16-12/h3-4,7,14H,5-6H2,1-2H3,(H,13,15). The van der Waals surface area contributed by atoms with Crippen molar-refractivity contribution in [3.8, 4) is 0 Å². The highest BCUT2D eigenvalue weighted by atomic mass is 32.2. The first-order valence-electron chi connectivity index (χ1n) is 5.27. The number of hydrogen-bond acceptors (Lipinski definition) is 3. The Labute approximate surface area is 99.2 Å². The Kier molecular flexibility index (Phi) is 2.95. The fourth-order valence-corrected chi connectivity index (χ4v) is 2.77. The van der Waals surface area contributed by atoms with Crippen LogP contribution in [0.4, 0.5) is 5.69 Å². The van der Waals surface area contributed by atoms with E-state index < -0.39 is 4.75 Å². The number of benzene rings is 1. The zero-order chi connectivity index (χ0) is 11.8. The summed E-state index contributed by atoms with van der Waals surface area (Å²) in [7, 11) is 0. The zero-order valence-corrected chi connectivity index (χ0v) is 10.2. The largest absolute Gasteiger partial charge is 0.396 e. The summed E-state index contributed by atoms with van der Waals surface area (Å²) >= 11 is 1.57. The van der Waals surface area contributed by atoms with Gasteiger partial charge in [0.1, 0.15) is 0 Å². The van der Waals surface area contributed by atoms with Crippen molar-refractivity contribution in [1.29, 1.82) is 0 Å². The molecule has 86 valence electrons. The van der Waals surface area contributed by atoms with Crippen LogP contribution in [0.2, 0.25) is 0 Å². The summed E-state index contributed by atoms with van der Waals surface area (Å²) in [6.45, 7) is 3.97. The average Bonchev–Trinajstić information content (AvgIpc) is 2.20. The maximum Gasteiger partial charge on any atom is 0.240 e. The van der Waals surface area contributed by atoms with Crippen LogP contribution in [0.5, 0.6) is 0 Å². The number of carbonyl (C=O) groups is 1. The molecule has 0 atom stereocenters. The Bertz CT molecular complexity index is 429. The molecule has 1 amide bonds. The summed E-state index contributed by atoms with van der Waals surface area (Å²) in [6.07, 6.45) is 0.655. The molecule has 0 unspecified atom stereocenters. The summed E-state index contributed by atoms with van der Waals surface area (Å²) < 4.78 is -0.426. The maximum atomic E-state index is 11.7. The molecule has 3 nitrogen and oxygen atoms in total. The molecule has 4 heteroatoms. The number of rotatable bonds is 2. The number of carbonyl (C=O) groups excluding carboxylic acids is 1. The monoisotopic (exact) mass is 237 g/mol. The van der Waals surface area contributed by atoms with Crippen LogP contribution in [0.3, 0.4) is 0 Å². The van der Waals surface area contributed by atoms with Crippen LogP contribution >= 0.6 is 11.8 Å². The summed E-state index contributed by atoms with van der Waals surface area (Å²) in [4.78, 5) is 12.8. The van der Waals surface area contributed by atoms with Crippen LogP contribution < -0.4 is 5.32 Å². The normalized spacial score (nSPS) is 17.8. The van der Waals surface area contributed by atoms with Crippen molar-refractivity contribution in [3.63, 3.8) is 0 Å². The number of fused-ring (bicyclic) bond motifs is 1. The summed E-state index contributed by atoms with van der Waals surface area (Å²) in [6, 6.07) is 5.88. The van der Waals surface area contributed by atoms with E-state index in [2.05, 4.69) is 5.32 Å². The molecule has 0 aromatic heterocycles. The molecular formula is C12H15NO2S. The first-order chi connectivity index (χ1) is 7.53. The van der Waals surface area contributed by atoms with Crippen LogP contribution in [0, 0.1) is 0 Å². The van der Waals surface area contributed by atoms with Gasteiger partial charge in [-0.3, -0.25) is 4.79 Å². The Morgan fingerprint density at radius 1 is 1.44 bits per heavy atom. The van der Waals surface area contributed by atoms with E-state index in [-0.39, 0.29) is 12.5 Å². The SMILES string of the molecule is CC1(C)Sc2cc(CCO)ccc2NC1=O. The van der Waals surface area contributed by atoms with Gasteiger partial charge in [0.05, 0.1) is 10.4 Å². The van der Waals surface area contributed by atoms with Crippen LogP contribution in [0.1, 0.15) is 19.4 Å². The van der Waals surface area contributed by atoms with Gasteiger partial charge in [0.15, 0.2) is 0 Å². The molecule has 1 aromatic carbocycles. The molecule has 1 aliphatic rings. The van der Waals surface area contributed by atoms with Crippen LogP contribution in [-0.4, -0.2) is 22.4 Å². The van der Waals surface area contributed by atoms with Crippen LogP contribution in [-0.2, 0) is 11.2 Å². The van der Waals surface area contributed by atoms with Gasteiger partial charge in [-0.1, -0.05) is 6.07 Å². The Morgan fingerprint density at radius 2 is 2.19 bits per heavy atom. The second-order valence-electron chi connectivity index (χ2n) is 4.37. The first kappa shape index (κ1) is 11.5. The molecule has 0 saturated carbocycles. The average molecular weight is 237 g/mol. The molecule has 0 bridgehead atoms. The third-order valence-electron chi connectivity index (χ3n) is 2.61. The summed E-state index contributed by atoms with van der Waals surface area (Å²) in [5, 5.41) is 11.8. The number of hydrogen-bond donors (Lipinski definition) is 2. The Morgan fingerprint density at radius 3 is 2.88 bits per heavy atom. The minimum absolute atomic E-state index is 0.0416. The molecule has 2 N–H and O–H groups in total. The lowest BCUT2D eigenvalue weighted by molar-refractivity contribution is -0.117. The van der Waals surface area contributed by atoms with Crippen LogP contribution in [0.15, 0.2) is 23.1 Å². The van der Waals surface area contributed by atoms with Gasteiger partial charge < -0.3 is 10.4 Å². The fourth-order valence-electron chi connectivity index (χ4n) is 1.63. The minimum atomic E-state index is -0.426. The number of amides is 1. The predicted molar refractivity (Wildman–Crippen MR) is 65.8 cm³/mol. The number of aliphatic hydroxyl groups excluding tert-OH is 1. The highest BCUT2D eigenvalue weighted by Gasteiger charge is 2.34. The predicted octanol–water partition coefficient (Wildman–Crippen LogP) is 2.04. The van der Waals surface area contributed by atoms with E-state index in [1.807, 2.05) is 32.0 Å². The van der Waals surface area contributed by atoms with Gasteiger partial charge in [-0.2, -0.15) is 0 Å². The molecule has 0 spiro atoms. The van der Waals surface area contributed by atoms with Gasteiger partial charge in [-0.25, -0.2) is 0 Å². The molecule has 16 heavy (non-hydrogen) atoms. The van der Waals surface area contributed by atoms with Crippen molar-refractivity contribution in [2.75, 3.05) is 11.9 Å². The smallest absolute Gasteiger partial charge is 0.240 e. The van der Waals surface area contributed by atoms with Crippen molar-refractivity contribution in [2.24, 2.45) is 0 Å². The molecule has 0 aliphatic carbocycles. The highest BCUT2D eigenvalue weighted by Crippen LogP contribution is 2.42. The number of anilines is 1. The van der Waals surface area contributed by atoms with E-state index in [1.54, 1.807) is 11.8 Å². The van der Waals surface area contributed by atoms with E-state index in [4.69, 9.17) is 5.11 Å². The number of thioether (sulfide) groups is 1. The minimum Gasteiger partial charge on any atom is -0.396 e. The number of nitrogens with one attached hydrogen (secondary N) is 1. The van der Waals surface area contributed by atoms with Gasteiger partial charge in [0, 0.05) is 11.5 Å². The lowest BCUT2D eigenvalue weighted by Crippen LogP contribution is -2.37. The maximum absolute atomic E-state index is 11.7. The fraction of sp³-hybridized carbons (Fsp3) is 0.417. The van der Waals surface area contributed by atoms with Gasteiger partial charge in [-0.05, 0) is 38.0 Å². The van der Waals surface area contributed by atoms with Gasteiger partial charge >= 0.3 is 0 Å². The topological polar surface area (TPSA) is 49.3 Å². The Balaban J connectivity index is 2.34. The first-order valence-corrected chi connectivity index (χ1v) is 6.09. The van der Waals surface area contributed by atoms with Crippen molar-refractivity contribution in [1.82, 2.24) is 0 Å². The second-order valence-corrected chi connectivity index (χ2v) is 6.04.